The number of amides is 1. The van der Waals surface area contributed by atoms with E-state index in [-0.39, 0.29) is 5.91 Å². The van der Waals surface area contributed by atoms with Gasteiger partial charge in [0.05, 0.1) is 32.6 Å². The third-order valence-corrected chi connectivity index (χ3v) is 4.61. The van der Waals surface area contributed by atoms with Gasteiger partial charge in [0, 0.05) is 5.56 Å². The zero-order chi connectivity index (χ0) is 21.3. The SMILES string of the molecule is CCOc1cc(C(=O)Nc2nnc(NCc3ccco3)s2)cc(OCC)c1OCC. The van der Waals surface area contributed by atoms with Crippen molar-refractivity contribution in [3.05, 3.63) is 41.9 Å². The molecule has 3 aromatic rings. The van der Waals surface area contributed by atoms with Gasteiger partial charge in [-0.2, -0.15) is 0 Å². The van der Waals surface area contributed by atoms with Crippen molar-refractivity contribution in [1.82, 2.24) is 10.2 Å². The molecule has 2 N–H and O–H groups in total. The summed E-state index contributed by atoms with van der Waals surface area (Å²) in [4.78, 5) is 12.8. The summed E-state index contributed by atoms with van der Waals surface area (Å²) in [6.07, 6.45) is 1.60. The Hall–Kier alpha value is -3.27. The standard InChI is InChI=1S/C20H24N4O5S/c1-4-26-15-10-13(11-16(27-5-2)17(15)28-6-3)18(25)22-20-24-23-19(30-20)21-12-14-8-7-9-29-14/h7-11H,4-6,12H2,1-3H3,(H,21,23)(H,22,24,25). The van der Waals surface area contributed by atoms with E-state index in [4.69, 9.17) is 18.6 Å². The number of hydrogen-bond donors (Lipinski definition) is 2. The molecule has 9 nitrogen and oxygen atoms in total. The molecule has 1 aromatic carbocycles. The second-order valence-corrected chi connectivity index (χ2v) is 6.88. The number of nitrogens with one attached hydrogen (secondary N) is 2. The minimum atomic E-state index is -0.353. The fourth-order valence-corrected chi connectivity index (χ4v) is 3.24. The Morgan fingerprint density at radius 3 is 2.30 bits per heavy atom. The van der Waals surface area contributed by atoms with E-state index in [1.165, 1.54) is 11.3 Å². The van der Waals surface area contributed by atoms with Gasteiger partial charge in [-0.15, -0.1) is 10.2 Å². The second kappa shape index (κ2) is 10.5. The van der Waals surface area contributed by atoms with Crippen LogP contribution in [0, 0.1) is 0 Å². The number of aromatic nitrogens is 2. The van der Waals surface area contributed by atoms with Gasteiger partial charge in [-0.1, -0.05) is 11.3 Å². The van der Waals surface area contributed by atoms with E-state index in [1.54, 1.807) is 18.4 Å². The van der Waals surface area contributed by atoms with Gasteiger partial charge >= 0.3 is 0 Å². The number of rotatable bonds is 11. The molecule has 0 unspecified atom stereocenters. The number of hydrogen-bond acceptors (Lipinski definition) is 9. The van der Waals surface area contributed by atoms with Crippen LogP contribution in [0.1, 0.15) is 36.9 Å². The van der Waals surface area contributed by atoms with Gasteiger partial charge in [0.25, 0.3) is 5.91 Å². The highest BCUT2D eigenvalue weighted by Crippen LogP contribution is 2.39. The molecule has 3 rings (SSSR count). The maximum atomic E-state index is 12.8. The Balaban J connectivity index is 1.74. The van der Waals surface area contributed by atoms with Crippen LogP contribution < -0.4 is 24.8 Å². The highest BCUT2D eigenvalue weighted by Gasteiger charge is 2.19. The average Bonchev–Trinajstić information content (AvgIpc) is 3.41. The van der Waals surface area contributed by atoms with Crippen molar-refractivity contribution in [2.45, 2.75) is 27.3 Å². The van der Waals surface area contributed by atoms with E-state index in [0.717, 1.165) is 5.76 Å². The molecule has 0 aliphatic rings. The summed E-state index contributed by atoms with van der Waals surface area (Å²) in [6.45, 7) is 7.38. The molecule has 0 atom stereocenters. The van der Waals surface area contributed by atoms with E-state index in [1.807, 2.05) is 32.9 Å². The maximum Gasteiger partial charge on any atom is 0.257 e. The molecule has 0 aliphatic carbocycles. The zero-order valence-electron chi connectivity index (χ0n) is 17.1. The van der Waals surface area contributed by atoms with Gasteiger partial charge < -0.3 is 23.9 Å². The van der Waals surface area contributed by atoms with E-state index in [2.05, 4.69) is 20.8 Å². The molecule has 2 aromatic heterocycles. The van der Waals surface area contributed by atoms with Gasteiger partial charge in [-0.3, -0.25) is 10.1 Å². The lowest BCUT2D eigenvalue weighted by atomic mass is 10.1. The first kappa shape index (κ1) is 21.4. The summed E-state index contributed by atoms with van der Waals surface area (Å²) in [7, 11) is 0. The van der Waals surface area contributed by atoms with Gasteiger partial charge in [0.2, 0.25) is 16.0 Å². The molecule has 30 heavy (non-hydrogen) atoms. The Labute approximate surface area is 178 Å². The van der Waals surface area contributed by atoms with Crippen molar-refractivity contribution in [1.29, 1.82) is 0 Å². The van der Waals surface area contributed by atoms with Crippen molar-refractivity contribution < 1.29 is 23.4 Å². The molecular weight excluding hydrogens is 408 g/mol. The molecule has 160 valence electrons. The fourth-order valence-electron chi connectivity index (χ4n) is 2.61. The third-order valence-electron chi connectivity index (χ3n) is 3.81. The van der Waals surface area contributed by atoms with Crippen molar-refractivity contribution in [2.75, 3.05) is 30.5 Å². The van der Waals surface area contributed by atoms with E-state index < -0.39 is 0 Å². The quantitative estimate of drug-likeness (QED) is 0.464. The van der Waals surface area contributed by atoms with Crippen molar-refractivity contribution >= 4 is 27.5 Å². The maximum absolute atomic E-state index is 12.8. The lowest BCUT2D eigenvalue weighted by molar-refractivity contribution is 0.102. The smallest absolute Gasteiger partial charge is 0.257 e. The predicted molar refractivity (Wildman–Crippen MR) is 114 cm³/mol. The van der Waals surface area contributed by atoms with Crippen molar-refractivity contribution in [3.63, 3.8) is 0 Å². The van der Waals surface area contributed by atoms with Crippen LogP contribution in [-0.2, 0) is 6.54 Å². The predicted octanol–water partition coefficient (Wildman–Crippen LogP) is 4.19. The van der Waals surface area contributed by atoms with Crippen LogP contribution in [0.2, 0.25) is 0 Å². The van der Waals surface area contributed by atoms with Gasteiger partial charge in [-0.05, 0) is 45.0 Å². The first-order valence-corrected chi connectivity index (χ1v) is 10.4. The molecule has 0 aliphatic heterocycles. The van der Waals surface area contributed by atoms with Crippen LogP contribution >= 0.6 is 11.3 Å². The Bertz CT molecular complexity index is 931. The van der Waals surface area contributed by atoms with Gasteiger partial charge in [0.1, 0.15) is 5.76 Å². The number of ether oxygens (including phenoxy) is 3. The molecule has 2 heterocycles. The summed E-state index contributed by atoms with van der Waals surface area (Å²) in [6, 6.07) is 6.92. The third kappa shape index (κ3) is 5.41. The Morgan fingerprint density at radius 1 is 1.03 bits per heavy atom. The minimum Gasteiger partial charge on any atom is -0.490 e. The monoisotopic (exact) mass is 432 g/mol. The zero-order valence-corrected chi connectivity index (χ0v) is 17.9. The Kier molecular flexibility index (Phi) is 7.50. The molecule has 0 saturated heterocycles. The first-order chi connectivity index (χ1) is 14.6. The molecular formula is C20H24N4O5S. The largest absolute Gasteiger partial charge is 0.490 e. The lowest BCUT2D eigenvalue weighted by Gasteiger charge is -2.16. The molecule has 0 radical (unpaired) electrons. The molecule has 0 fully saturated rings. The average molecular weight is 433 g/mol. The molecule has 1 amide bonds. The molecule has 10 heteroatoms. The summed E-state index contributed by atoms with van der Waals surface area (Å²) in [5.74, 6) is 1.81. The lowest BCUT2D eigenvalue weighted by Crippen LogP contribution is -2.13. The second-order valence-electron chi connectivity index (χ2n) is 5.90. The topological polar surface area (TPSA) is 108 Å². The van der Waals surface area contributed by atoms with E-state index in [0.29, 0.717) is 59.4 Å². The Morgan fingerprint density at radius 2 is 1.70 bits per heavy atom. The number of nitrogens with zero attached hydrogens (tertiary/aromatic N) is 2. The van der Waals surface area contributed by atoms with Gasteiger partial charge in [-0.25, -0.2) is 0 Å². The number of furan rings is 1. The molecule has 0 saturated carbocycles. The van der Waals surface area contributed by atoms with Gasteiger partial charge in [0.15, 0.2) is 11.5 Å². The summed E-state index contributed by atoms with van der Waals surface area (Å²) in [5, 5.41) is 14.8. The first-order valence-electron chi connectivity index (χ1n) is 9.62. The van der Waals surface area contributed by atoms with Crippen LogP contribution in [0.25, 0.3) is 0 Å². The molecule has 0 bridgehead atoms. The van der Waals surface area contributed by atoms with Crippen LogP contribution in [0.15, 0.2) is 34.9 Å². The van der Waals surface area contributed by atoms with Crippen LogP contribution in [-0.4, -0.2) is 35.9 Å². The van der Waals surface area contributed by atoms with Crippen molar-refractivity contribution in [2.24, 2.45) is 0 Å². The fraction of sp³-hybridized carbons (Fsp3) is 0.350. The summed E-state index contributed by atoms with van der Waals surface area (Å²) >= 11 is 1.22. The van der Waals surface area contributed by atoms with Crippen LogP contribution in [0.3, 0.4) is 0 Å². The summed E-state index contributed by atoms with van der Waals surface area (Å²) in [5.41, 5.74) is 0.366. The normalized spacial score (nSPS) is 10.5. The summed E-state index contributed by atoms with van der Waals surface area (Å²) < 4.78 is 22.3. The number of carbonyl (C=O) groups is 1. The number of carbonyl (C=O) groups excluding carboxylic acids is 1. The van der Waals surface area contributed by atoms with E-state index in [9.17, 15) is 4.79 Å². The highest BCUT2D eigenvalue weighted by atomic mass is 32.1. The van der Waals surface area contributed by atoms with Crippen LogP contribution in [0.5, 0.6) is 17.2 Å². The number of anilines is 2. The van der Waals surface area contributed by atoms with E-state index >= 15 is 0 Å². The highest BCUT2D eigenvalue weighted by molar-refractivity contribution is 7.19. The minimum absolute atomic E-state index is 0.353. The molecule has 0 spiro atoms. The number of benzene rings is 1. The van der Waals surface area contributed by atoms with Crippen molar-refractivity contribution in [3.8, 4) is 17.2 Å². The van der Waals surface area contributed by atoms with Crippen LogP contribution in [0.4, 0.5) is 10.3 Å².